The number of amides is 1. The van der Waals surface area contributed by atoms with Gasteiger partial charge in [0.25, 0.3) is 11.5 Å². The topological polar surface area (TPSA) is 62.4 Å². The zero-order chi connectivity index (χ0) is 20.1. The second kappa shape index (κ2) is 8.76. The molecule has 0 radical (unpaired) electrons. The number of rotatable bonds is 6. The first-order valence-electron chi connectivity index (χ1n) is 8.88. The van der Waals surface area contributed by atoms with Crippen molar-refractivity contribution in [2.75, 3.05) is 20.2 Å². The molecule has 3 aromatic rings. The van der Waals surface area contributed by atoms with Crippen LogP contribution in [0.4, 0.5) is 0 Å². The van der Waals surface area contributed by atoms with Gasteiger partial charge in [-0.25, -0.2) is 0 Å². The fourth-order valence-corrected chi connectivity index (χ4v) is 2.97. The third kappa shape index (κ3) is 4.81. The van der Waals surface area contributed by atoms with Crippen LogP contribution in [0.3, 0.4) is 0 Å². The van der Waals surface area contributed by atoms with Crippen molar-refractivity contribution in [2.24, 2.45) is 0 Å². The van der Waals surface area contributed by atoms with Crippen LogP contribution in [0.25, 0.3) is 11.3 Å². The van der Waals surface area contributed by atoms with Gasteiger partial charge in [-0.3, -0.25) is 9.59 Å². The van der Waals surface area contributed by atoms with Gasteiger partial charge >= 0.3 is 0 Å². The zero-order valence-electron chi connectivity index (χ0n) is 15.7. The number of aromatic amines is 1. The molecule has 1 amide bonds. The third-order valence-electron chi connectivity index (χ3n) is 4.31. The molecule has 0 bridgehead atoms. The van der Waals surface area contributed by atoms with Crippen molar-refractivity contribution in [3.63, 3.8) is 0 Å². The Bertz CT molecular complexity index is 1050. The lowest BCUT2D eigenvalue weighted by Crippen LogP contribution is -2.34. The largest absolute Gasteiger partial charge is 0.492 e. The normalized spacial score (nSPS) is 10.5. The Morgan fingerprint density at radius 1 is 1.11 bits per heavy atom. The second-order valence-corrected chi connectivity index (χ2v) is 6.95. The molecule has 0 aliphatic rings. The summed E-state index contributed by atoms with van der Waals surface area (Å²) in [5, 5.41) is 0.585. The van der Waals surface area contributed by atoms with Gasteiger partial charge in [0.05, 0.1) is 6.54 Å². The van der Waals surface area contributed by atoms with Gasteiger partial charge in [0.1, 0.15) is 17.9 Å². The van der Waals surface area contributed by atoms with Crippen molar-refractivity contribution < 1.29 is 9.53 Å². The number of carbonyl (C=O) groups is 1. The summed E-state index contributed by atoms with van der Waals surface area (Å²) in [7, 11) is 1.64. The first-order valence-corrected chi connectivity index (χ1v) is 9.26. The molecule has 0 saturated heterocycles. The summed E-state index contributed by atoms with van der Waals surface area (Å²) < 4.78 is 5.60. The second-order valence-electron chi connectivity index (χ2n) is 6.52. The van der Waals surface area contributed by atoms with Crippen molar-refractivity contribution >= 4 is 17.5 Å². The molecule has 0 unspecified atom stereocenters. The first kappa shape index (κ1) is 19.7. The minimum atomic E-state index is -0.411. The van der Waals surface area contributed by atoms with E-state index in [1.807, 2.05) is 31.2 Å². The molecule has 5 nitrogen and oxygen atoms in total. The number of aromatic nitrogens is 1. The Balaban J connectivity index is 1.65. The molecule has 3 rings (SSSR count). The van der Waals surface area contributed by atoms with Gasteiger partial charge < -0.3 is 14.6 Å². The molecule has 0 fully saturated rings. The molecule has 1 N–H and O–H groups in total. The molecule has 28 heavy (non-hydrogen) atoms. The summed E-state index contributed by atoms with van der Waals surface area (Å²) in [6, 6.07) is 18.2. The number of likely N-dealkylation sites (N-methyl/N-ethyl adjacent to an activating group) is 1. The molecule has 0 saturated carbocycles. The Morgan fingerprint density at radius 3 is 2.61 bits per heavy atom. The number of H-pyrrole nitrogens is 1. The Labute approximate surface area is 168 Å². The summed E-state index contributed by atoms with van der Waals surface area (Å²) in [6.07, 6.45) is 0. The summed E-state index contributed by atoms with van der Waals surface area (Å²) in [5.41, 5.74) is 2.36. The molecular formula is C22H21ClN2O3. The predicted octanol–water partition coefficient (Wildman–Crippen LogP) is 4.15. The lowest BCUT2D eigenvalue weighted by Gasteiger charge is -2.17. The minimum Gasteiger partial charge on any atom is -0.492 e. The molecule has 1 aromatic heterocycles. The van der Waals surface area contributed by atoms with Crippen LogP contribution in [0.1, 0.15) is 15.9 Å². The molecular weight excluding hydrogens is 376 g/mol. The fourth-order valence-electron chi connectivity index (χ4n) is 2.79. The maximum absolute atomic E-state index is 12.6. The Morgan fingerprint density at radius 2 is 1.89 bits per heavy atom. The molecule has 0 aliphatic heterocycles. The number of aryl methyl sites for hydroxylation is 1. The van der Waals surface area contributed by atoms with E-state index in [0.29, 0.717) is 29.6 Å². The highest BCUT2D eigenvalue weighted by atomic mass is 35.5. The fraction of sp³-hybridized carbons (Fsp3) is 0.182. The number of benzene rings is 2. The van der Waals surface area contributed by atoms with Gasteiger partial charge in [0.2, 0.25) is 0 Å². The summed E-state index contributed by atoms with van der Waals surface area (Å²) in [4.78, 5) is 29.3. The SMILES string of the molecule is Cc1cccc(-c2ccc(C(=O)N(C)CCOc3cccc(Cl)c3)c(=O)[nH]2)c1. The van der Waals surface area contributed by atoms with Gasteiger partial charge in [0.15, 0.2) is 0 Å². The highest BCUT2D eigenvalue weighted by Crippen LogP contribution is 2.18. The zero-order valence-corrected chi connectivity index (χ0v) is 16.5. The highest BCUT2D eigenvalue weighted by molar-refractivity contribution is 6.30. The third-order valence-corrected chi connectivity index (χ3v) is 4.54. The van der Waals surface area contributed by atoms with Gasteiger partial charge in [-0.05, 0) is 48.9 Å². The number of halogens is 1. The average molecular weight is 397 g/mol. The number of pyridine rings is 1. The van der Waals surface area contributed by atoms with Crippen LogP contribution in [-0.2, 0) is 0 Å². The van der Waals surface area contributed by atoms with Crippen LogP contribution < -0.4 is 10.3 Å². The van der Waals surface area contributed by atoms with Gasteiger partial charge in [-0.1, -0.05) is 41.4 Å². The molecule has 144 valence electrons. The number of carbonyl (C=O) groups excluding carboxylic acids is 1. The lowest BCUT2D eigenvalue weighted by atomic mass is 10.1. The van der Waals surface area contributed by atoms with E-state index in [2.05, 4.69) is 4.98 Å². The number of nitrogens with zero attached hydrogens (tertiary/aromatic N) is 1. The maximum Gasteiger partial charge on any atom is 0.261 e. The Kier molecular flexibility index (Phi) is 6.16. The summed E-state index contributed by atoms with van der Waals surface area (Å²) in [5.74, 6) is 0.278. The monoisotopic (exact) mass is 396 g/mol. The lowest BCUT2D eigenvalue weighted by molar-refractivity contribution is 0.0772. The Hall–Kier alpha value is -3.05. The van der Waals surface area contributed by atoms with E-state index in [0.717, 1.165) is 11.1 Å². The maximum atomic E-state index is 12.6. The number of hydrogen-bond acceptors (Lipinski definition) is 3. The van der Waals surface area contributed by atoms with E-state index in [9.17, 15) is 9.59 Å². The molecule has 0 atom stereocenters. The van der Waals surface area contributed by atoms with Gasteiger partial charge in [-0.15, -0.1) is 0 Å². The smallest absolute Gasteiger partial charge is 0.261 e. The van der Waals surface area contributed by atoms with Crippen molar-refractivity contribution in [1.29, 1.82) is 0 Å². The molecule has 1 heterocycles. The van der Waals surface area contributed by atoms with Crippen LogP contribution >= 0.6 is 11.6 Å². The van der Waals surface area contributed by atoms with Crippen LogP contribution in [0, 0.1) is 6.92 Å². The van der Waals surface area contributed by atoms with Crippen molar-refractivity contribution in [3.8, 4) is 17.0 Å². The number of ether oxygens (including phenoxy) is 1. The molecule has 6 heteroatoms. The van der Waals surface area contributed by atoms with Crippen LogP contribution in [0.5, 0.6) is 5.75 Å². The van der Waals surface area contributed by atoms with Crippen molar-refractivity contribution in [2.45, 2.75) is 6.92 Å². The summed E-state index contributed by atoms with van der Waals surface area (Å²) >= 11 is 5.92. The van der Waals surface area contributed by atoms with E-state index < -0.39 is 5.56 Å². The van der Waals surface area contributed by atoms with Gasteiger partial charge in [-0.2, -0.15) is 0 Å². The minimum absolute atomic E-state index is 0.0988. The molecule has 0 aliphatic carbocycles. The molecule has 0 spiro atoms. The predicted molar refractivity (Wildman–Crippen MR) is 111 cm³/mol. The van der Waals surface area contributed by atoms with Crippen LogP contribution in [0.15, 0.2) is 65.5 Å². The van der Waals surface area contributed by atoms with Crippen LogP contribution in [-0.4, -0.2) is 36.0 Å². The first-order chi connectivity index (χ1) is 13.4. The van der Waals surface area contributed by atoms with Gasteiger partial charge in [0, 0.05) is 17.8 Å². The number of nitrogens with one attached hydrogen (secondary N) is 1. The van der Waals surface area contributed by atoms with E-state index in [4.69, 9.17) is 16.3 Å². The van der Waals surface area contributed by atoms with E-state index in [1.165, 1.54) is 4.90 Å². The number of hydrogen-bond donors (Lipinski definition) is 1. The van der Waals surface area contributed by atoms with E-state index >= 15 is 0 Å². The summed E-state index contributed by atoms with van der Waals surface area (Å²) in [6.45, 7) is 2.62. The standard InChI is InChI=1S/C22H21ClN2O3/c1-15-5-3-6-16(13-15)20-10-9-19(21(26)24-20)22(27)25(2)11-12-28-18-8-4-7-17(23)14-18/h3-10,13-14H,11-12H2,1-2H3,(H,24,26). The van der Waals surface area contributed by atoms with Crippen molar-refractivity contribution in [1.82, 2.24) is 9.88 Å². The van der Waals surface area contributed by atoms with E-state index in [-0.39, 0.29) is 11.5 Å². The average Bonchev–Trinajstić information content (AvgIpc) is 2.67. The van der Waals surface area contributed by atoms with E-state index in [1.54, 1.807) is 43.4 Å². The molecule has 2 aromatic carbocycles. The quantitative estimate of drug-likeness (QED) is 0.680. The van der Waals surface area contributed by atoms with Crippen LogP contribution in [0.2, 0.25) is 5.02 Å². The van der Waals surface area contributed by atoms with Crippen molar-refractivity contribution in [3.05, 3.63) is 87.2 Å². The highest BCUT2D eigenvalue weighted by Gasteiger charge is 2.16.